The van der Waals surface area contributed by atoms with Crippen molar-refractivity contribution >= 4 is 35.0 Å². The fourth-order valence-electron chi connectivity index (χ4n) is 5.01. The summed E-state index contributed by atoms with van der Waals surface area (Å²) in [6.07, 6.45) is 1.46. The van der Waals surface area contributed by atoms with E-state index in [9.17, 15) is 9.59 Å². The predicted molar refractivity (Wildman–Crippen MR) is 176 cm³/mol. The molecule has 0 bridgehead atoms. The van der Waals surface area contributed by atoms with E-state index in [2.05, 4.69) is 4.99 Å². The van der Waals surface area contributed by atoms with Gasteiger partial charge in [-0.25, -0.2) is 9.79 Å². The molecule has 1 aromatic heterocycles. The Morgan fingerprint density at radius 3 is 2.42 bits per heavy atom. The third-order valence-electron chi connectivity index (χ3n) is 7.00. The van der Waals surface area contributed by atoms with Crippen molar-refractivity contribution in [3.63, 3.8) is 0 Å². The number of hydrogen-bond acceptors (Lipinski definition) is 8. The van der Waals surface area contributed by atoms with Crippen molar-refractivity contribution in [3.8, 4) is 17.2 Å². The van der Waals surface area contributed by atoms with Crippen LogP contribution >= 0.6 is 22.9 Å². The molecule has 0 fully saturated rings. The Hall–Kier alpha value is -4.34. The number of ether oxygens (including phenoxy) is 4. The molecular weight excluding hydrogens is 612 g/mol. The van der Waals surface area contributed by atoms with Crippen LogP contribution in [0.3, 0.4) is 0 Å². The van der Waals surface area contributed by atoms with E-state index in [1.807, 2.05) is 80.6 Å². The number of fused-ring (bicyclic) bond motifs is 1. The summed E-state index contributed by atoms with van der Waals surface area (Å²) in [5.41, 5.74) is 2.92. The van der Waals surface area contributed by atoms with Crippen LogP contribution in [0.25, 0.3) is 6.08 Å². The summed E-state index contributed by atoms with van der Waals surface area (Å²) in [6, 6.07) is 19.7. The van der Waals surface area contributed by atoms with Crippen molar-refractivity contribution in [2.45, 2.75) is 53.4 Å². The summed E-state index contributed by atoms with van der Waals surface area (Å²) in [5.74, 6) is 1.31. The quantitative estimate of drug-likeness (QED) is 0.180. The Kier molecular flexibility index (Phi) is 10.1. The first-order valence-corrected chi connectivity index (χ1v) is 16.0. The van der Waals surface area contributed by atoms with Crippen molar-refractivity contribution in [1.29, 1.82) is 0 Å². The molecule has 5 rings (SSSR count). The highest BCUT2D eigenvalue weighted by atomic mass is 35.5. The van der Waals surface area contributed by atoms with Crippen molar-refractivity contribution < 1.29 is 23.7 Å². The van der Waals surface area contributed by atoms with Gasteiger partial charge in [0.15, 0.2) is 16.3 Å². The molecule has 0 saturated heterocycles. The highest BCUT2D eigenvalue weighted by Gasteiger charge is 2.33. The third-order valence-corrected chi connectivity index (χ3v) is 8.35. The first-order valence-electron chi connectivity index (χ1n) is 14.8. The fourth-order valence-corrected chi connectivity index (χ4v) is 6.25. The number of allylic oxidation sites excluding steroid dienone is 1. The number of aromatic nitrogens is 1. The van der Waals surface area contributed by atoms with E-state index in [1.165, 1.54) is 11.3 Å². The van der Waals surface area contributed by atoms with E-state index in [1.54, 1.807) is 31.4 Å². The van der Waals surface area contributed by atoms with E-state index >= 15 is 0 Å². The number of esters is 1. The van der Waals surface area contributed by atoms with Gasteiger partial charge in [0.2, 0.25) is 0 Å². The highest BCUT2D eigenvalue weighted by Crippen LogP contribution is 2.33. The van der Waals surface area contributed by atoms with Crippen molar-refractivity contribution in [2.75, 3.05) is 13.2 Å². The second kappa shape index (κ2) is 14.2. The second-order valence-corrected chi connectivity index (χ2v) is 12.0. The van der Waals surface area contributed by atoms with Gasteiger partial charge in [-0.15, -0.1) is 0 Å². The molecule has 0 unspecified atom stereocenters. The number of carbonyl (C=O) groups excluding carboxylic acids is 1. The lowest BCUT2D eigenvalue weighted by atomic mass is 9.96. The Morgan fingerprint density at radius 1 is 1.00 bits per heavy atom. The summed E-state index contributed by atoms with van der Waals surface area (Å²) in [7, 11) is 0. The minimum atomic E-state index is -0.718. The van der Waals surface area contributed by atoms with Gasteiger partial charge in [0.05, 0.1) is 41.2 Å². The van der Waals surface area contributed by atoms with Gasteiger partial charge in [-0.3, -0.25) is 9.36 Å². The highest BCUT2D eigenvalue weighted by molar-refractivity contribution is 7.07. The number of thiazole rings is 1. The molecule has 0 radical (unpaired) electrons. The zero-order valence-electron chi connectivity index (χ0n) is 25.8. The average molecular weight is 647 g/mol. The van der Waals surface area contributed by atoms with Gasteiger partial charge < -0.3 is 18.9 Å². The minimum absolute atomic E-state index is 0.267. The van der Waals surface area contributed by atoms with Gasteiger partial charge in [0.25, 0.3) is 5.56 Å². The summed E-state index contributed by atoms with van der Waals surface area (Å²) in [6.45, 7) is 10.4. The molecule has 4 aromatic rings. The number of nitrogens with zero attached hydrogens (tertiary/aromatic N) is 2. The number of benzene rings is 3. The van der Waals surface area contributed by atoms with E-state index < -0.39 is 12.0 Å². The lowest BCUT2D eigenvalue weighted by molar-refractivity contribution is -0.143. The molecule has 234 valence electrons. The molecule has 0 spiro atoms. The van der Waals surface area contributed by atoms with E-state index in [-0.39, 0.29) is 18.3 Å². The summed E-state index contributed by atoms with van der Waals surface area (Å²) >= 11 is 7.56. The van der Waals surface area contributed by atoms with Gasteiger partial charge in [0.1, 0.15) is 12.4 Å². The molecular formula is C35H35ClN2O6S. The van der Waals surface area contributed by atoms with Crippen LogP contribution in [-0.2, 0) is 16.1 Å². The SMILES string of the molecule is CCOc1ccc([C@H]2C(C(=O)OC(C)C)=C(C)N=c3s/c(=C/c4ccc(OCc5ccccc5Cl)c(OCC)c4)c(=O)n32)cc1. The van der Waals surface area contributed by atoms with E-state index in [0.717, 1.165) is 16.7 Å². The number of rotatable bonds is 11. The van der Waals surface area contributed by atoms with Crippen LogP contribution in [0.2, 0.25) is 5.02 Å². The summed E-state index contributed by atoms with van der Waals surface area (Å²) in [4.78, 5) is 32.6. The van der Waals surface area contributed by atoms with Gasteiger partial charge in [0, 0.05) is 10.6 Å². The maximum Gasteiger partial charge on any atom is 0.338 e. The minimum Gasteiger partial charge on any atom is -0.494 e. The first kappa shape index (κ1) is 32.1. The van der Waals surface area contributed by atoms with Crippen molar-refractivity contribution in [2.24, 2.45) is 4.99 Å². The lowest BCUT2D eigenvalue weighted by Crippen LogP contribution is -2.40. The predicted octanol–water partition coefficient (Wildman–Crippen LogP) is 6.22. The standard InChI is InChI=1S/C35H35ClN2O6S/c1-6-41-26-15-13-24(14-16-26)32-31(34(40)44-21(3)4)22(5)37-35-38(32)33(39)30(45-35)19-23-12-17-28(29(18-23)42-7-2)43-20-25-10-8-9-11-27(25)36/h8-19,21,32H,6-7,20H2,1-5H3/b30-19+/t32-/m0/s1. The maximum atomic E-state index is 14.1. The first-order chi connectivity index (χ1) is 21.7. The molecule has 1 aliphatic rings. The van der Waals surface area contributed by atoms with Gasteiger partial charge >= 0.3 is 5.97 Å². The Morgan fingerprint density at radius 2 is 1.73 bits per heavy atom. The van der Waals surface area contributed by atoms with Crippen LogP contribution in [0.4, 0.5) is 0 Å². The Balaban J connectivity index is 1.55. The van der Waals surface area contributed by atoms with Crippen molar-refractivity contribution in [3.05, 3.63) is 119 Å². The zero-order valence-corrected chi connectivity index (χ0v) is 27.4. The molecule has 0 amide bonds. The largest absolute Gasteiger partial charge is 0.494 e. The molecule has 8 nitrogen and oxygen atoms in total. The van der Waals surface area contributed by atoms with E-state index in [4.69, 9.17) is 30.5 Å². The third kappa shape index (κ3) is 7.16. The van der Waals surface area contributed by atoms with Crippen LogP contribution in [0.5, 0.6) is 17.2 Å². The molecule has 45 heavy (non-hydrogen) atoms. The van der Waals surface area contributed by atoms with Crippen LogP contribution in [-0.4, -0.2) is 29.9 Å². The molecule has 0 saturated carbocycles. The summed E-state index contributed by atoms with van der Waals surface area (Å²) < 4.78 is 25.2. The molecule has 1 atom stereocenters. The van der Waals surface area contributed by atoms with Crippen molar-refractivity contribution in [1.82, 2.24) is 4.57 Å². The molecule has 3 aromatic carbocycles. The van der Waals surface area contributed by atoms with E-state index in [0.29, 0.717) is 56.1 Å². The monoisotopic (exact) mass is 646 g/mol. The van der Waals surface area contributed by atoms with Crippen LogP contribution in [0, 0.1) is 0 Å². The second-order valence-electron chi connectivity index (χ2n) is 10.6. The van der Waals surface area contributed by atoms with Gasteiger partial charge in [-0.1, -0.05) is 59.3 Å². The molecule has 1 aliphatic heterocycles. The van der Waals surface area contributed by atoms with Crippen LogP contribution in [0.1, 0.15) is 57.4 Å². The van der Waals surface area contributed by atoms with Gasteiger partial charge in [-0.2, -0.15) is 0 Å². The molecule has 2 heterocycles. The fraction of sp³-hybridized carbons (Fsp3) is 0.286. The lowest BCUT2D eigenvalue weighted by Gasteiger charge is -2.25. The number of halogens is 1. The molecule has 10 heteroatoms. The Bertz CT molecular complexity index is 1910. The van der Waals surface area contributed by atoms with Crippen LogP contribution in [0.15, 0.2) is 87.8 Å². The number of hydrogen-bond donors (Lipinski definition) is 0. The van der Waals surface area contributed by atoms with Gasteiger partial charge in [-0.05, 0) is 82.2 Å². The number of carbonyl (C=O) groups is 1. The summed E-state index contributed by atoms with van der Waals surface area (Å²) in [5, 5.41) is 0.627. The average Bonchev–Trinajstić information content (AvgIpc) is 3.31. The van der Waals surface area contributed by atoms with Crippen LogP contribution < -0.4 is 29.1 Å². The Labute approximate surface area is 270 Å². The maximum absolute atomic E-state index is 14.1. The zero-order chi connectivity index (χ0) is 32.1. The normalized spacial score (nSPS) is 14.6. The smallest absolute Gasteiger partial charge is 0.338 e. The molecule has 0 N–H and O–H groups in total. The topological polar surface area (TPSA) is 88.4 Å². The molecule has 0 aliphatic carbocycles.